The largest absolute Gasteiger partial charge is 0.480 e. The molecule has 82 heavy (non-hydrogen) atoms. The number of para-hydroxylation sites is 1. The predicted molar refractivity (Wildman–Crippen MR) is 311 cm³/mol. The molecule has 0 radical (unpaired) electrons. The van der Waals surface area contributed by atoms with Crippen LogP contribution < -0.4 is 59.7 Å². The second-order valence-electron chi connectivity index (χ2n) is 19.3. The first kappa shape index (κ1) is 64.4. The average Bonchev–Trinajstić information content (AvgIpc) is 4.14. The van der Waals surface area contributed by atoms with E-state index in [1.54, 1.807) is 85.1 Å². The number of aromatic amines is 2. The molecule has 2 aromatic heterocycles. The van der Waals surface area contributed by atoms with Crippen LogP contribution >= 0.6 is 25.3 Å². The molecule has 0 saturated carbocycles. The van der Waals surface area contributed by atoms with Crippen LogP contribution in [0.4, 0.5) is 0 Å². The summed E-state index contributed by atoms with van der Waals surface area (Å²) < 4.78 is 0. The lowest BCUT2D eigenvalue weighted by atomic mass is 10.0. The van der Waals surface area contributed by atoms with Crippen LogP contribution in [0.25, 0.3) is 10.9 Å². The number of fused-ring (bicyclic) bond motifs is 1. The Morgan fingerprint density at radius 3 is 1.63 bits per heavy atom. The molecule has 0 bridgehead atoms. The van der Waals surface area contributed by atoms with Crippen LogP contribution in [-0.4, -0.2) is 163 Å². The summed E-state index contributed by atoms with van der Waals surface area (Å²) in [4.78, 5) is 138. The number of carboxylic acid groups (broad SMARTS) is 1. The van der Waals surface area contributed by atoms with Crippen molar-refractivity contribution >= 4 is 95.3 Å². The molecule has 0 fully saturated rings. The second kappa shape index (κ2) is 32.1. The van der Waals surface area contributed by atoms with Gasteiger partial charge in [-0.2, -0.15) is 25.3 Å². The zero-order valence-corrected chi connectivity index (χ0v) is 46.8. The van der Waals surface area contributed by atoms with Crippen molar-refractivity contribution < 1.29 is 53.4 Å². The lowest BCUT2D eigenvalue weighted by molar-refractivity contribution is -0.145. The molecule has 0 unspecified atom stereocenters. The van der Waals surface area contributed by atoms with Crippen molar-refractivity contribution in [3.63, 3.8) is 0 Å². The van der Waals surface area contributed by atoms with Crippen molar-refractivity contribution in [3.8, 4) is 0 Å². The molecule has 8 amide bonds. The number of thiol groups is 2. The predicted octanol–water partition coefficient (Wildman–Crippen LogP) is -2.23. The summed E-state index contributed by atoms with van der Waals surface area (Å²) in [5.41, 5.74) is 20.5. The van der Waals surface area contributed by atoms with Gasteiger partial charge in [-0.25, -0.2) is 9.78 Å². The summed E-state index contributed by atoms with van der Waals surface area (Å²) >= 11 is 8.42. The molecule has 28 heteroatoms. The van der Waals surface area contributed by atoms with Crippen molar-refractivity contribution in [3.05, 3.63) is 126 Å². The molecule has 2 heterocycles. The molecule has 18 N–H and O–H groups in total. The maximum absolute atomic E-state index is 14.8. The molecular formula is C54H71N15O11S2. The Bertz CT molecular complexity index is 2980. The van der Waals surface area contributed by atoms with E-state index in [0.29, 0.717) is 27.7 Å². The average molecular weight is 1170 g/mol. The second-order valence-corrected chi connectivity index (χ2v) is 20.0. The van der Waals surface area contributed by atoms with Crippen molar-refractivity contribution in [2.75, 3.05) is 18.1 Å². The van der Waals surface area contributed by atoms with Gasteiger partial charge < -0.3 is 79.9 Å². The maximum Gasteiger partial charge on any atom is 0.328 e. The Balaban J connectivity index is 1.40. The number of hydrogen-bond acceptors (Lipinski definition) is 15. The number of carboxylic acids is 1. The number of amides is 8. The number of nitrogens with two attached hydrogens (primary N) is 3. The Kier molecular flexibility index (Phi) is 25.2. The van der Waals surface area contributed by atoms with Gasteiger partial charge in [0.1, 0.15) is 42.3 Å². The number of aromatic nitrogens is 3. The molecule has 3 aromatic carbocycles. The van der Waals surface area contributed by atoms with Crippen LogP contribution in [-0.2, 0) is 68.8 Å². The summed E-state index contributed by atoms with van der Waals surface area (Å²) in [6.07, 6.45) is 2.71. The van der Waals surface area contributed by atoms with Gasteiger partial charge >= 0.3 is 5.97 Å². The minimum atomic E-state index is -1.70. The molecule has 10 atom stereocenters. The lowest BCUT2D eigenvalue weighted by Gasteiger charge is -2.28. The molecule has 0 aliphatic rings. The highest BCUT2D eigenvalue weighted by Crippen LogP contribution is 2.20. The van der Waals surface area contributed by atoms with E-state index in [1.807, 2.05) is 6.07 Å². The number of aliphatic imine (C=N–C) groups is 1. The zero-order chi connectivity index (χ0) is 59.9. The zero-order valence-electron chi connectivity index (χ0n) is 45.0. The number of nitrogens with one attached hydrogen (secondary N) is 10. The van der Waals surface area contributed by atoms with Gasteiger partial charge in [0.2, 0.25) is 47.3 Å². The van der Waals surface area contributed by atoms with Crippen LogP contribution in [0, 0.1) is 0 Å². The molecular weight excluding hydrogens is 1100 g/mol. The van der Waals surface area contributed by atoms with Gasteiger partial charge in [-0.3, -0.25) is 43.3 Å². The Morgan fingerprint density at radius 2 is 1.07 bits per heavy atom. The highest BCUT2D eigenvalue weighted by molar-refractivity contribution is 7.80. The van der Waals surface area contributed by atoms with Gasteiger partial charge in [0, 0.05) is 66.3 Å². The topological polar surface area (TPSA) is 425 Å². The minimum absolute atomic E-state index is 0.0149. The lowest BCUT2D eigenvalue weighted by Crippen LogP contribution is -2.61. The van der Waals surface area contributed by atoms with E-state index in [-0.39, 0.29) is 62.5 Å². The van der Waals surface area contributed by atoms with E-state index in [0.717, 1.165) is 12.5 Å². The van der Waals surface area contributed by atoms with E-state index in [1.165, 1.54) is 19.4 Å². The molecule has 0 aliphatic heterocycles. The van der Waals surface area contributed by atoms with E-state index in [4.69, 9.17) is 17.2 Å². The number of imidazole rings is 1. The Morgan fingerprint density at radius 1 is 0.585 bits per heavy atom. The number of aliphatic hydroxyl groups is 1. The summed E-state index contributed by atoms with van der Waals surface area (Å²) in [5, 5.41) is 40.7. The highest BCUT2D eigenvalue weighted by atomic mass is 32.1. The molecule has 0 aliphatic carbocycles. The van der Waals surface area contributed by atoms with Crippen molar-refractivity contribution in [1.82, 2.24) is 57.5 Å². The number of guanidine groups is 1. The standard InChI is InChI=1S/C54H71N15O11S2/c1-29(45(71)67-43(27-82)52(78)69-44(30(2)70)53(79)80)62-48(74)40(22-33-24-60-37-17-10-9-16-35(33)37)65-47(73)38(18-11-19-59-54(56)57)63-49(75)39(21-32-14-7-4-8-15-32)64-50(76)41(23-34-25-58-28-61-34)66-51(77)42(26-81)68-46(72)36(55)20-31-12-5-3-6-13-31/h3-10,12-17,24-25,28-30,36,38-44,60,70,81-82H,11,18-23,26-27,55H2,1-2H3,(H,58,61)(H,62,74)(H,63,75)(H,64,76)(H,65,73)(H,66,77)(H,67,71)(H,68,72)(H,69,78)(H,79,80)(H4,56,57,59)/t29-,30+,36+,38-,39+,40-,41-,42-,43+,44-/m0/s1. The fourth-order valence-corrected chi connectivity index (χ4v) is 8.94. The number of hydrogen-bond donors (Lipinski definition) is 17. The molecule has 0 spiro atoms. The summed E-state index contributed by atoms with van der Waals surface area (Å²) in [6, 6.07) is 12.4. The number of nitrogens with zero attached hydrogens (tertiary/aromatic N) is 2. The van der Waals surface area contributed by atoms with Crippen LogP contribution in [0.1, 0.15) is 49.1 Å². The molecule has 26 nitrogen and oxygen atoms in total. The van der Waals surface area contributed by atoms with Crippen LogP contribution in [0.5, 0.6) is 0 Å². The van der Waals surface area contributed by atoms with Gasteiger partial charge in [0.25, 0.3) is 0 Å². The summed E-state index contributed by atoms with van der Waals surface area (Å²) in [7, 11) is 0. The third kappa shape index (κ3) is 20.0. The van der Waals surface area contributed by atoms with Gasteiger partial charge in [0.05, 0.1) is 18.5 Å². The van der Waals surface area contributed by atoms with Crippen LogP contribution in [0.15, 0.2) is 109 Å². The first-order valence-corrected chi connectivity index (χ1v) is 27.4. The number of benzene rings is 3. The number of H-pyrrole nitrogens is 2. The van der Waals surface area contributed by atoms with Crippen LogP contribution in [0.2, 0.25) is 0 Å². The Hall–Kier alpha value is -8.47. The van der Waals surface area contributed by atoms with Crippen molar-refractivity contribution in [1.29, 1.82) is 0 Å². The SMILES string of the molecule is C[C@H](NC(=O)[C@H](Cc1c[nH]c2ccccc12)NC(=O)[C@H](CCCN=C(N)N)NC(=O)[C@@H](Cc1ccccc1)NC(=O)[C@H](Cc1cnc[nH]1)NC(=O)[C@H](CS)NC(=O)[C@H](N)Cc1ccccc1)C(=O)N[C@H](CS)C(=O)N[C@H](C(=O)O)[C@@H](C)O. The number of aliphatic hydroxyl groups excluding tert-OH is 1. The van der Waals surface area contributed by atoms with Crippen LogP contribution in [0.3, 0.4) is 0 Å². The van der Waals surface area contributed by atoms with E-state index in [2.05, 4.69) is 87.7 Å². The first-order valence-electron chi connectivity index (χ1n) is 26.1. The number of aliphatic carboxylic acids is 1. The molecule has 5 rings (SSSR count). The van der Waals surface area contributed by atoms with Crippen molar-refractivity contribution in [2.24, 2.45) is 22.2 Å². The fourth-order valence-electron chi connectivity index (χ4n) is 8.42. The highest BCUT2D eigenvalue weighted by Gasteiger charge is 2.35. The number of carbonyl (C=O) groups is 9. The molecule has 440 valence electrons. The monoisotopic (exact) mass is 1170 g/mol. The van der Waals surface area contributed by atoms with Gasteiger partial charge in [-0.05, 0) is 55.9 Å². The van der Waals surface area contributed by atoms with Gasteiger partial charge in [-0.15, -0.1) is 0 Å². The maximum atomic E-state index is 14.8. The summed E-state index contributed by atoms with van der Waals surface area (Å²) in [6.45, 7) is 2.48. The number of rotatable bonds is 32. The Labute approximate surface area is 483 Å². The van der Waals surface area contributed by atoms with E-state index < -0.39 is 114 Å². The quantitative estimate of drug-likeness (QED) is 0.00938. The third-order valence-corrected chi connectivity index (χ3v) is 13.6. The third-order valence-electron chi connectivity index (χ3n) is 12.9. The van der Waals surface area contributed by atoms with Gasteiger partial charge in [0.15, 0.2) is 12.0 Å². The fraction of sp³-hybridized carbons (Fsp3) is 0.389. The molecule has 5 aromatic rings. The van der Waals surface area contributed by atoms with E-state index >= 15 is 0 Å². The normalized spacial score (nSPS) is 14.8. The molecule has 0 saturated heterocycles. The minimum Gasteiger partial charge on any atom is -0.480 e. The smallest absolute Gasteiger partial charge is 0.328 e. The van der Waals surface area contributed by atoms with Gasteiger partial charge in [-0.1, -0.05) is 78.9 Å². The van der Waals surface area contributed by atoms with E-state index in [9.17, 15) is 53.4 Å². The summed E-state index contributed by atoms with van der Waals surface area (Å²) in [5.74, 6) is -8.96. The van der Waals surface area contributed by atoms with Crippen molar-refractivity contribution in [2.45, 2.75) is 113 Å². The number of carbonyl (C=O) groups excluding carboxylic acids is 8. The first-order chi connectivity index (χ1) is 39.2.